The van der Waals surface area contributed by atoms with Crippen molar-refractivity contribution in [3.8, 4) is 0 Å². The first-order chi connectivity index (χ1) is 69.9. The van der Waals surface area contributed by atoms with E-state index in [-0.39, 0.29) is 76.6 Å². The molecule has 9 fully saturated rings. The fraction of sp³-hybridized carbons (Fsp3) is 0.575. The van der Waals surface area contributed by atoms with Crippen molar-refractivity contribution in [1.29, 1.82) is 0 Å². The number of unbranched alkanes of at least 4 members (excludes halogenated alkanes) is 24. The van der Waals surface area contributed by atoms with E-state index in [0.29, 0.717) is 19.3 Å². The molecule has 0 aliphatic carbocycles. The van der Waals surface area contributed by atoms with Crippen molar-refractivity contribution in [2.75, 3.05) is 60.4 Å². The van der Waals surface area contributed by atoms with Crippen LogP contribution in [-0.4, -0.2) is 158 Å². The molecule has 0 unspecified atom stereocenters. The topological polar surface area (TPSA) is 255 Å². The van der Waals surface area contributed by atoms with Gasteiger partial charge in [0.15, 0.2) is 34.0 Å². The van der Waals surface area contributed by atoms with E-state index in [1.54, 1.807) is 65.2 Å². The third-order valence-electron chi connectivity index (χ3n) is 33.8. The average Bonchev–Trinajstić information content (AvgIpc) is 1.50. The fourth-order valence-electron chi connectivity index (χ4n) is 26.3. The second-order valence-electron chi connectivity index (χ2n) is 43.3. The normalized spacial score (nSPS) is 23.1. The van der Waals surface area contributed by atoms with Crippen molar-refractivity contribution in [2.45, 2.75) is 366 Å². The molecule has 24 heteroatoms. The number of nitrogens with one attached hydrogen (secondary N) is 6. The van der Waals surface area contributed by atoms with Gasteiger partial charge in [-0.1, -0.05) is 362 Å². The molecular weight excluding hydrogens is 1800 g/mol. The van der Waals surface area contributed by atoms with E-state index < -0.39 is 87.9 Å². The maximum absolute atomic E-state index is 16.4. The second-order valence-corrected chi connectivity index (χ2v) is 43.3. The molecule has 0 atom stereocenters. The number of carbonyl (C=O) groups is 9. The Kier molecular flexibility index (Phi) is 34.0. The lowest BCUT2D eigenvalue weighted by atomic mass is 9.78. The molecule has 9 aliphatic rings. The highest BCUT2D eigenvalue weighted by atomic mass is 16.2. The quantitative estimate of drug-likeness (QED) is 0.0198. The number of urea groups is 6. The minimum absolute atomic E-state index is 0.0254. The molecule has 0 spiro atoms. The van der Waals surface area contributed by atoms with E-state index in [1.165, 1.54) is 93.7 Å². The number of hydrogen-bond acceptors (Lipinski definition) is 9. The molecule has 16 rings (SSSR count). The Labute approximate surface area is 858 Å². The van der Waals surface area contributed by atoms with Gasteiger partial charge in [-0.25, -0.2) is 28.8 Å². The summed E-state index contributed by atoms with van der Waals surface area (Å²) in [5.74, 6) is -3.60. The summed E-state index contributed by atoms with van der Waals surface area (Å²) in [6.07, 6.45) is 41.0. The molecule has 6 N–H and O–H groups in total. The highest BCUT2D eigenvalue weighted by molar-refractivity contribution is 5.95. The largest absolute Gasteiger partial charge is 0.341 e. The number of nitrogens with zero attached hydrogens (tertiary/aromatic N) is 9. The Bertz CT molecular complexity index is 5000. The van der Waals surface area contributed by atoms with Gasteiger partial charge < -0.3 is 46.6 Å². The summed E-state index contributed by atoms with van der Waals surface area (Å²) in [6, 6.07) is 47.7. The number of amides is 15. The summed E-state index contributed by atoms with van der Waals surface area (Å²) in [6.45, 7) is 19.6. The van der Waals surface area contributed by atoms with Gasteiger partial charge in [0, 0.05) is 113 Å². The van der Waals surface area contributed by atoms with Crippen molar-refractivity contribution >= 4 is 53.9 Å². The lowest BCUT2D eigenvalue weighted by molar-refractivity contribution is -0.143. The van der Waals surface area contributed by atoms with Crippen molar-refractivity contribution < 1.29 is 43.2 Å². The van der Waals surface area contributed by atoms with Crippen LogP contribution in [0, 0.1) is 17.8 Å². The van der Waals surface area contributed by atoms with Gasteiger partial charge in [0.1, 0.15) is 0 Å². The zero-order valence-electron chi connectivity index (χ0n) is 88.7. The highest BCUT2D eigenvalue weighted by Crippen LogP contribution is 2.60. The first-order valence-corrected chi connectivity index (χ1v) is 56.0. The van der Waals surface area contributed by atoms with Gasteiger partial charge in [-0.3, -0.25) is 43.8 Å². The monoisotopic (exact) mass is 1960 g/mol. The minimum Gasteiger partial charge on any atom is -0.341 e. The molecule has 24 nitrogen and oxygen atoms in total. The smallest absolute Gasteiger partial charge is 0.321 e. The van der Waals surface area contributed by atoms with Crippen LogP contribution in [0.3, 0.4) is 0 Å². The number of hydrogen-bond donors (Lipinski definition) is 6. The molecule has 9 heterocycles. The number of aryl methyl sites for hydroxylation is 6. The summed E-state index contributed by atoms with van der Waals surface area (Å²) in [7, 11) is 5.37. The van der Waals surface area contributed by atoms with Gasteiger partial charge >= 0.3 is 36.2 Å². The first-order valence-electron chi connectivity index (χ1n) is 56.0. The standard InChI is InChI=1S/C120H165N15O9/c1-13-22-28-34-40-46-85-52-64-94(65-53-85)115-118(97-70-58-88(59-71-97)49-43-37-31-25-16-4)130(109(139)121-115)76-91(77-131(118)110(140)122-115)106(136)127(10)82-103-100(19-7)104(83-128(11)107(137)92-78-132-111(141)123-116(95-66-54-86(55-67-95)47-41-35-29-23-14-2)119(132,133(79-92)112(142)124-116)98-72-60-89(61-73-98)50-44-38-32-26-17-5)102(21-9)105(101(103)20-8)84-129(12)108(138)93-80-134-113(143)125-117(96-68-56-87(57-69-96)48-42-36-30-24-15-3)120(134,135(81-93)114(144)126-117)99-74-62-90(63-75-99)51-45-39-33-27-18-6/h52-75,91-93H,13-51,76-84H2,1-12H3,(H,121,139)(H,122,140)(H,123,141)(H,124,142)(H,125,143)(H,126,144). The Morgan fingerprint density at radius 2 is 0.396 bits per heavy atom. The Hall–Kier alpha value is -11.4. The van der Waals surface area contributed by atoms with Crippen LogP contribution < -0.4 is 31.9 Å². The molecule has 15 amide bonds. The lowest BCUT2D eigenvalue weighted by Gasteiger charge is -2.52. The molecule has 0 aromatic heterocycles. The van der Waals surface area contributed by atoms with Crippen LogP contribution in [0.1, 0.15) is 355 Å². The van der Waals surface area contributed by atoms with Gasteiger partial charge in [0.2, 0.25) is 17.7 Å². The zero-order chi connectivity index (χ0) is 102. The number of carbonyl (C=O) groups excluding carboxylic acids is 9. The van der Waals surface area contributed by atoms with E-state index in [1.807, 2.05) is 36.4 Å². The Balaban J connectivity index is 0.745. The summed E-state index contributed by atoms with van der Waals surface area (Å²) in [5, 5.41) is 20.3. The van der Waals surface area contributed by atoms with E-state index in [4.69, 9.17) is 0 Å². The van der Waals surface area contributed by atoms with Crippen LogP contribution in [0.2, 0.25) is 0 Å². The predicted octanol–water partition coefficient (Wildman–Crippen LogP) is 22.5. The second kappa shape index (κ2) is 46.5. The van der Waals surface area contributed by atoms with Crippen LogP contribution in [0.25, 0.3) is 0 Å². The van der Waals surface area contributed by atoms with Crippen molar-refractivity contribution in [1.82, 2.24) is 76.0 Å². The summed E-state index contributed by atoms with van der Waals surface area (Å²) in [4.78, 5) is 158. The molecule has 9 aliphatic heterocycles. The lowest BCUT2D eigenvalue weighted by Crippen LogP contribution is -2.67. The van der Waals surface area contributed by atoms with E-state index in [0.717, 1.165) is 238 Å². The maximum atomic E-state index is 16.4. The van der Waals surface area contributed by atoms with E-state index in [9.17, 15) is 0 Å². The highest BCUT2D eigenvalue weighted by Gasteiger charge is 2.79. The van der Waals surface area contributed by atoms with Crippen molar-refractivity contribution in [3.63, 3.8) is 0 Å². The maximum Gasteiger partial charge on any atom is 0.321 e. The van der Waals surface area contributed by atoms with Gasteiger partial charge in [0.25, 0.3) is 0 Å². The molecule has 0 bridgehead atoms. The van der Waals surface area contributed by atoms with Crippen LogP contribution in [-0.2, 0) is 126 Å². The molecule has 0 saturated carbocycles. The Morgan fingerprint density at radius 3 is 0.556 bits per heavy atom. The van der Waals surface area contributed by atoms with Crippen LogP contribution >= 0.6 is 0 Å². The molecular formula is C120H165N15O9. The van der Waals surface area contributed by atoms with Crippen molar-refractivity contribution in [3.05, 3.63) is 246 Å². The molecule has 7 aromatic carbocycles. The van der Waals surface area contributed by atoms with Gasteiger partial charge in [0.05, 0.1) is 17.8 Å². The molecule has 9 saturated heterocycles. The molecule has 7 aromatic rings. The van der Waals surface area contributed by atoms with Crippen LogP contribution in [0.5, 0.6) is 0 Å². The molecule has 144 heavy (non-hydrogen) atoms. The summed E-state index contributed by atoms with van der Waals surface area (Å²) in [5.41, 5.74) is 8.00. The SMILES string of the molecule is CCCCCCCc1ccc(C23NC(=O)N4CC(C(=O)N(C)Cc5c(CC)c(CN(C)C(=O)C6CN7C(=O)NC8(c9ccc(CCCCCCC)cc9)NC(=O)N(C6)C78c6ccc(CCCCCCC)cc6)c(CC)c(CN(C)C(=O)C6CN7C(=O)NC8(c9ccc(CCCCCCC)cc9)NC(=O)N(C6)C78c6ccc(CCCCCCC)cc6)c5CC)CN(C(=O)N2)C43c2ccc(CCCCCCC)cc2)cc1. The predicted molar refractivity (Wildman–Crippen MR) is 569 cm³/mol. The van der Waals surface area contributed by atoms with E-state index in [2.05, 4.69) is 203 Å². The fourth-order valence-corrected chi connectivity index (χ4v) is 26.3. The molecule has 774 valence electrons. The average molecular weight is 1960 g/mol. The zero-order valence-corrected chi connectivity index (χ0v) is 88.7. The minimum atomic E-state index is -1.46. The Morgan fingerprint density at radius 1 is 0.236 bits per heavy atom. The van der Waals surface area contributed by atoms with Gasteiger partial charge in [-0.15, -0.1) is 0 Å². The number of benzene rings is 7. The van der Waals surface area contributed by atoms with E-state index >= 15 is 43.2 Å². The van der Waals surface area contributed by atoms with Crippen LogP contribution in [0.15, 0.2) is 146 Å². The number of rotatable bonds is 54. The molecule has 0 radical (unpaired) electrons. The first kappa shape index (κ1) is 105. The van der Waals surface area contributed by atoms with Gasteiger partial charge in [-0.05, 0) is 163 Å². The third-order valence-corrected chi connectivity index (χ3v) is 33.8. The van der Waals surface area contributed by atoms with Gasteiger partial charge in [-0.2, -0.15) is 0 Å². The van der Waals surface area contributed by atoms with Crippen LogP contribution in [0.4, 0.5) is 28.8 Å². The summed E-state index contributed by atoms with van der Waals surface area (Å²) < 4.78 is 0. The van der Waals surface area contributed by atoms with Crippen molar-refractivity contribution in [2.24, 2.45) is 17.8 Å². The summed E-state index contributed by atoms with van der Waals surface area (Å²) >= 11 is 0. The third kappa shape index (κ3) is 19.7.